The van der Waals surface area contributed by atoms with Gasteiger partial charge in [0, 0.05) is 38.1 Å². The van der Waals surface area contributed by atoms with Crippen LogP contribution in [-0.4, -0.2) is 114 Å². The first-order valence-electron chi connectivity index (χ1n) is 18.6. The number of amides is 4. The van der Waals surface area contributed by atoms with Gasteiger partial charge >= 0.3 is 17.9 Å². The van der Waals surface area contributed by atoms with Crippen LogP contribution in [0.1, 0.15) is 79.2 Å². The summed E-state index contributed by atoms with van der Waals surface area (Å²) in [4.78, 5) is 105. The van der Waals surface area contributed by atoms with Gasteiger partial charge in [-0.1, -0.05) is 42.5 Å². The SMILES string of the molecule is CC(=O)Oc1cccc(C(=O)NCCCCN(CC(=O)C[C@@H](C(=O)N[C@@H]2C(=O)N3C2SC(C)(C)[C@@H]3C(=O)O)c2ccccc2)C(=O)c2cccc(O)c2O)c1OC(C)=O. The number of aromatic hydroxyl groups is 2. The van der Waals surface area contributed by atoms with E-state index in [0.29, 0.717) is 5.56 Å². The van der Waals surface area contributed by atoms with Crippen molar-refractivity contribution in [2.24, 2.45) is 0 Å². The van der Waals surface area contributed by atoms with Gasteiger partial charge in [0.1, 0.15) is 17.5 Å². The average molecular weight is 833 g/mol. The van der Waals surface area contributed by atoms with Crippen LogP contribution in [0.25, 0.3) is 0 Å². The molecule has 312 valence electrons. The summed E-state index contributed by atoms with van der Waals surface area (Å²) >= 11 is 1.26. The number of ether oxygens (including phenoxy) is 2. The molecule has 3 aromatic rings. The minimum atomic E-state index is -1.16. The second kappa shape index (κ2) is 18.4. The van der Waals surface area contributed by atoms with E-state index in [2.05, 4.69) is 10.6 Å². The normalized spacial score (nSPS) is 18.1. The Balaban J connectivity index is 1.28. The quantitative estimate of drug-likeness (QED) is 0.0432. The van der Waals surface area contributed by atoms with Crippen molar-refractivity contribution < 1.29 is 63.1 Å². The van der Waals surface area contributed by atoms with E-state index in [9.17, 15) is 53.7 Å². The lowest BCUT2D eigenvalue weighted by atomic mass is 9.91. The molecular formula is C41H44N4O13S. The standard InChI is InChI=1S/C41H44N4O13S/c1-22(46)57-30-17-11-15-27(33(30)58-23(2)47)35(51)42-18-8-9-19-44(37(53)26-14-10-16-29(49)32(26)50)21-25(48)20-28(24-12-6-5-7-13-24)36(52)43-31-38(54)45-34(40(55)56)41(3,4)59-39(31)45/h5-7,10-17,28,31,34,39,49-50H,8-9,18-21H2,1-4H3,(H,42,51)(H,43,52)(H,55,56)/t28-,31-,34+,39?/m1/s1. The Morgan fingerprint density at radius 3 is 2.20 bits per heavy atom. The lowest BCUT2D eigenvalue weighted by molar-refractivity contribution is -0.161. The van der Waals surface area contributed by atoms with Crippen molar-refractivity contribution >= 4 is 59.1 Å². The number of rotatable bonds is 17. The number of aliphatic carboxylic acids is 1. The molecule has 17 nitrogen and oxygen atoms in total. The fourth-order valence-corrected chi connectivity index (χ4v) is 8.61. The van der Waals surface area contributed by atoms with Crippen LogP contribution in [-0.2, 0) is 28.8 Å². The number of nitrogens with one attached hydrogen (secondary N) is 2. The Bertz CT molecular complexity index is 2160. The first-order valence-corrected chi connectivity index (χ1v) is 19.5. The van der Waals surface area contributed by atoms with Crippen LogP contribution < -0.4 is 20.1 Å². The molecule has 18 heteroatoms. The molecule has 4 amide bonds. The number of hydrogen-bond acceptors (Lipinski definition) is 13. The fourth-order valence-electron chi connectivity index (χ4n) is 6.98. The van der Waals surface area contributed by atoms with Crippen molar-refractivity contribution in [3.05, 3.63) is 83.4 Å². The summed E-state index contributed by atoms with van der Waals surface area (Å²) in [5.41, 5.74) is 0.102. The lowest BCUT2D eigenvalue weighted by Gasteiger charge is -2.44. The van der Waals surface area contributed by atoms with Crippen LogP contribution in [0.3, 0.4) is 0 Å². The molecule has 4 atom stereocenters. The number of benzene rings is 3. The zero-order valence-corrected chi connectivity index (χ0v) is 33.4. The zero-order valence-electron chi connectivity index (χ0n) is 32.6. The van der Waals surface area contributed by atoms with Crippen molar-refractivity contribution in [2.75, 3.05) is 19.6 Å². The summed E-state index contributed by atoms with van der Waals surface area (Å²) in [5.74, 6) is -8.52. The Hall–Kier alpha value is -6.43. The van der Waals surface area contributed by atoms with Crippen LogP contribution in [0, 0.1) is 0 Å². The van der Waals surface area contributed by atoms with Gasteiger partial charge in [-0.05, 0) is 56.5 Å². The maximum Gasteiger partial charge on any atom is 0.327 e. The highest BCUT2D eigenvalue weighted by Gasteiger charge is 2.64. The molecule has 0 aromatic heterocycles. The number of hydrogen-bond donors (Lipinski definition) is 5. The maximum atomic E-state index is 13.9. The number of β-lactam (4-membered cyclic amide) rings is 1. The molecule has 5 rings (SSSR count). The van der Waals surface area contributed by atoms with E-state index in [-0.39, 0.29) is 48.6 Å². The molecular weight excluding hydrogens is 789 g/mol. The Morgan fingerprint density at radius 1 is 0.881 bits per heavy atom. The summed E-state index contributed by atoms with van der Waals surface area (Å²) in [5, 5.41) is 35.2. The van der Waals surface area contributed by atoms with Gasteiger partial charge < -0.3 is 45.2 Å². The molecule has 1 unspecified atom stereocenters. The Labute approximate surface area is 343 Å². The predicted molar refractivity (Wildman–Crippen MR) is 211 cm³/mol. The van der Waals surface area contributed by atoms with Gasteiger partial charge in [-0.15, -0.1) is 11.8 Å². The monoisotopic (exact) mass is 832 g/mol. The van der Waals surface area contributed by atoms with Crippen LogP contribution in [0.15, 0.2) is 66.7 Å². The number of unbranched alkanes of at least 4 members (excludes halogenated alkanes) is 1. The fraction of sp³-hybridized carbons (Fsp3) is 0.366. The van der Waals surface area contributed by atoms with Crippen LogP contribution in [0.5, 0.6) is 23.0 Å². The van der Waals surface area contributed by atoms with E-state index in [1.54, 1.807) is 44.2 Å². The number of phenolic OH excluding ortho intramolecular Hbond substituents is 2. The average Bonchev–Trinajstić information content (AvgIpc) is 3.44. The van der Waals surface area contributed by atoms with Gasteiger partial charge in [-0.3, -0.25) is 33.6 Å². The van der Waals surface area contributed by atoms with E-state index in [1.807, 2.05) is 0 Å². The summed E-state index contributed by atoms with van der Waals surface area (Å²) in [6, 6.07) is 14.2. The molecule has 2 saturated heterocycles. The number of Topliss-reactive ketones (excluding diaryl/α,β-unsaturated/α-hetero) is 1. The molecule has 59 heavy (non-hydrogen) atoms. The molecule has 3 aromatic carbocycles. The first-order chi connectivity index (χ1) is 27.9. The highest BCUT2D eigenvalue weighted by molar-refractivity contribution is 8.01. The van der Waals surface area contributed by atoms with Crippen molar-refractivity contribution in [3.8, 4) is 23.0 Å². The van der Waals surface area contributed by atoms with E-state index in [0.717, 1.165) is 18.7 Å². The molecule has 0 aliphatic carbocycles. The number of nitrogens with zero attached hydrogens (tertiary/aromatic N) is 2. The second-order valence-electron chi connectivity index (χ2n) is 14.5. The number of ketones is 1. The second-order valence-corrected chi connectivity index (χ2v) is 16.2. The lowest BCUT2D eigenvalue weighted by Crippen LogP contribution is -2.70. The topological polar surface area (TPSA) is 246 Å². The van der Waals surface area contributed by atoms with Gasteiger partial charge in [0.05, 0.1) is 23.6 Å². The molecule has 2 aliphatic rings. The number of fused-ring (bicyclic) bond motifs is 1. The van der Waals surface area contributed by atoms with E-state index in [1.165, 1.54) is 53.1 Å². The molecule has 2 aliphatic heterocycles. The van der Waals surface area contributed by atoms with E-state index in [4.69, 9.17) is 9.47 Å². The third-order valence-corrected chi connectivity index (χ3v) is 11.3. The van der Waals surface area contributed by atoms with E-state index < -0.39 is 99.9 Å². The molecule has 0 radical (unpaired) electrons. The zero-order chi connectivity index (χ0) is 43.2. The first kappa shape index (κ1) is 43.7. The highest BCUT2D eigenvalue weighted by atomic mass is 32.2. The largest absolute Gasteiger partial charge is 0.504 e. The molecule has 0 bridgehead atoms. The molecule has 0 saturated carbocycles. The van der Waals surface area contributed by atoms with Crippen LogP contribution in [0.4, 0.5) is 0 Å². The van der Waals surface area contributed by atoms with Crippen molar-refractivity contribution in [3.63, 3.8) is 0 Å². The van der Waals surface area contributed by atoms with Gasteiger partial charge in [-0.2, -0.15) is 0 Å². The van der Waals surface area contributed by atoms with Gasteiger partial charge in [-0.25, -0.2) is 4.79 Å². The number of esters is 2. The minimum absolute atomic E-state index is 0.0563. The van der Waals surface area contributed by atoms with Crippen LogP contribution >= 0.6 is 11.8 Å². The number of carbonyl (C=O) groups is 8. The molecule has 2 heterocycles. The van der Waals surface area contributed by atoms with Crippen molar-refractivity contribution in [1.82, 2.24) is 20.4 Å². The summed E-state index contributed by atoms with van der Waals surface area (Å²) in [6.07, 6.45) is 0.0890. The number of carboxylic acid groups (broad SMARTS) is 1. The Morgan fingerprint density at radius 2 is 1.54 bits per heavy atom. The van der Waals surface area contributed by atoms with E-state index >= 15 is 0 Å². The van der Waals surface area contributed by atoms with Gasteiger partial charge in [0.25, 0.3) is 11.8 Å². The smallest absolute Gasteiger partial charge is 0.327 e. The molecule has 5 N–H and O–H groups in total. The van der Waals surface area contributed by atoms with Crippen molar-refractivity contribution in [1.29, 1.82) is 0 Å². The summed E-state index contributed by atoms with van der Waals surface area (Å²) in [7, 11) is 0. The maximum absolute atomic E-state index is 13.9. The highest BCUT2D eigenvalue weighted by Crippen LogP contribution is 2.51. The molecule has 2 fully saturated rings. The van der Waals surface area contributed by atoms with Crippen molar-refractivity contribution in [2.45, 2.75) is 75.1 Å². The minimum Gasteiger partial charge on any atom is -0.504 e. The number of para-hydroxylation sites is 2. The number of carbonyl (C=O) groups excluding carboxylic acids is 7. The summed E-state index contributed by atoms with van der Waals surface area (Å²) in [6.45, 7) is 5.16. The third kappa shape index (κ3) is 10.00. The van der Waals surface area contributed by atoms with Crippen LogP contribution in [0.2, 0.25) is 0 Å². The van der Waals surface area contributed by atoms with Gasteiger partial charge in [0.15, 0.2) is 28.8 Å². The number of carboxylic acids is 1. The number of phenols is 2. The third-order valence-electron chi connectivity index (χ3n) is 9.69. The predicted octanol–water partition coefficient (Wildman–Crippen LogP) is 2.98. The molecule has 0 spiro atoms. The number of thioether (sulfide) groups is 1. The Kier molecular flexibility index (Phi) is 13.7. The van der Waals surface area contributed by atoms with Gasteiger partial charge in [0.2, 0.25) is 11.8 Å². The summed E-state index contributed by atoms with van der Waals surface area (Å²) < 4.78 is 9.43.